The molecule has 0 spiro atoms. The number of aliphatic hydroxyl groups excluding tert-OH is 1. The van der Waals surface area contributed by atoms with Crippen molar-refractivity contribution in [2.45, 2.75) is 45.1 Å². The van der Waals surface area contributed by atoms with Crippen molar-refractivity contribution in [2.24, 2.45) is 5.92 Å². The smallest absolute Gasteiger partial charge is 0.185 e. The van der Waals surface area contributed by atoms with Crippen LogP contribution in [0.5, 0.6) is 0 Å². The lowest BCUT2D eigenvalue weighted by Crippen LogP contribution is -2.08. The predicted molar refractivity (Wildman–Crippen MR) is 93.3 cm³/mol. The van der Waals surface area contributed by atoms with Crippen molar-refractivity contribution in [1.29, 1.82) is 0 Å². The maximum absolute atomic E-state index is 13.7. The number of carbonyl (C=O) groups excluding carboxylic acids is 1. The minimum Gasteiger partial charge on any atom is -0.391 e. The molecule has 0 amide bonds. The molecule has 6 heteroatoms. The first-order chi connectivity index (χ1) is 12.7. The molecule has 2 aromatic rings. The van der Waals surface area contributed by atoms with E-state index in [1.54, 1.807) is 18.2 Å². The molecule has 140 valence electrons. The van der Waals surface area contributed by atoms with E-state index in [9.17, 15) is 14.3 Å². The number of ketones is 1. The van der Waals surface area contributed by atoms with Crippen LogP contribution in [0.25, 0.3) is 0 Å². The second-order valence-electron chi connectivity index (χ2n) is 6.73. The summed E-state index contributed by atoms with van der Waals surface area (Å²) in [7, 11) is 0. The highest BCUT2D eigenvalue weighted by molar-refractivity contribution is 5.95. The normalized spacial score (nSPS) is 16.9. The van der Waals surface area contributed by atoms with Crippen LogP contribution in [0.3, 0.4) is 0 Å². The van der Waals surface area contributed by atoms with E-state index in [2.05, 4.69) is 5.16 Å². The molecule has 0 bridgehead atoms. The molecule has 1 atom stereocenters. The van der Waals surface area contributed by atoms with Crippen molar-refractivity contribution in [3.63, 3.8) is 0 Å². The van der Waals surface area contributed by atoms with Gasteiger partial charge in [0.05, 0.1) is 12.2 Å². The van der Waals surface area contributed by atoms with Crippen LogP contribution in [-0.2, 0) is 24.2 Å². The summed E-state index contributed by atoms with van der Waals surface area (Å²) in [4.78, 5) is 12.4. The molecule has 5 nitrogen and oxygen atoms in total. The molecule has 1 unspecified atom stereocenters. The fourth-order valence-corrected chi connectivity index (χ4v) is 3.33. The van der Waals surface area contributed by atoms with Crippen LogP contribution in [0, 0.1) is 11.7 Å². The number of aryl methyl sites for hydroxylation is 2. The van der Waals surface area contributed by atoms with E-state index >= 15 is 0 Å². The number of aliphatic hydroxyl groups is 1. The lowest BCUT2D eigenvalue weighted by atomic mass is 9.98. The van der Waals surface area contributed by atoms with E-state index in [-0.39, 0.29) is 23.9 Å². The molecule has 0 radical (unpaired) electrons. The number of ether oxygens (including phenoxy) is 1. The van der Waals surface area contributed by atoms with Gasteiger partial charge >= 0.3 is 0 Å². The van der Waals surface area contributed by atoms with Gasteiger partial charge in [0, 0.05) is 26.1 Å². The summed E-state index contributed by atoms with van der Waals surface area (Å²) in [6.07, 6.45) is 3.84. The van der Waals surface area contributed by atoms with Crippen molar-refractivity contribution in [3.05, 3.63) is 52.7 Å². The Morgan fingerprint density at radius 2 is 2.15 bits per heavy atom. The Bertz CT molecular complexity index is 737. The molecule has 26 heavy (non-hydrogen) atoms. The van der Waals surface area contributed by atoms with E-state index in [0.29, 0.717) is 55.1 Å². The standard InChI is InChI=1S/C20H24FNO4/c21-17-6-2-1-4-15(17)5-3-7-19-16(12-23)20(22-26-19)18(24)9-8-14-10-11-25-13-14/h1-2,4,6,14,23H,3,5,7-13H2. The number of carbonyl (C=O) groups is 1. The van der Waals surface area contributed by atoms with E-state index in [4.69, 9.17) is 9.26 Å². The zero-order chi connectivity index (χ0) is 18.4. The van der Waals surface area contributed by atoms with Crippen LogP contribution in [0.1, 0.15) is 53.1 Å². The van der Waals surface area contributed by atoms with Crippen LogP contribution in [-0.4, -0.2) is 29.3 Å². The molecule has 1 aliphatic rings. The minimum atomic E-state index is -0.286. The van der Waals surface area contributed by atoms with Crippen LogP contribution in [0.4, 0.5) is 4.39 Å². The van der Waals surface area contributed by atoms with Crippen LogP contribution >= 0.6 is 0 Å². The Kier molecular flexibility index (Phi) is 6.52. The molecule has 3 rings (SSSR count). The Morgan fingerprint density at radius 3 is 2.88 bits per heavy atom. The number of benzene rings is 1. The third-order valence-corrected chi connectivity index (χ3v) is 4.90. The zero-order valence-corrected chi connectivity index (χ0v) is 14.7. The second kappa shape index (κ2) is 9.05. The number of nitrogens with zero attached hydrogens (tertiary/aromatic N) is 1. The second-order valence-corrected chi connectivity index (χ2v) is 6.73. The van der Waals surface area contributed by atoms with E-state index in [1.807, 2.05) is 0 Å². The number of rotatable bonds is 9. The Morgan fingerprint density at radius 1 is 1.31 bits per heavy atom. The van der Waals surface area contributed by atoms with Gasteiger partial charge in [-0.05, 0) is 43.2 Å². The SMILES string of the molecule is O=C(CCC1CCOC1)c1noc(CCCc2ccccc2F)c1CO. The number of aromatic nitrogens is 1. The van der Waals surface area contributed by atoms with Crippen molar-refractivity contribution in [2.75, 3.05) is 13.2 Å². The molecule has 1 N–H and O–H groups in total. The average Bonchev–Trinajstić information content (AvgIpc) is 3.30. The topological polar surface area (TPSA) is 72.6 Å². The molecule has 2 heterocycles. The molecule has 1 aromatic heterocycles. The van der Waals surface area contributed by atoms with Gasteiger partial charge in [0.2, 0.25) is 0 Å². The minimum absolute atomic E-state index is 0.106. The maximum atomic E-state index is 13.7. The molecule has 1 aromatic carbocycles. The summed E-state index contributed by atoms with van der Waals surface area (Å²) in [5, 5.41) is 13.5. The highest BCUT2D eigenvalue weighted by Gasteiger charge is 2.23. The Balaban J connectivity index is 1.56. The first-order valence-electron chi connectivity index (χ1n) is 9.11. The number of hydrogen-bond donors (Lipinski definition) is 1. The lowest BCUT2D eigenvalue weighted by molar-refractivity contribution is 0.0960. The van der Waals surface area contributed by atoms with Crippen molar-refractivity contribution >= 4 is 5.78 Å². The van der Waals surface area contributed by atoms with Crippen molar-refractivity contribution < 1.29 is 23.6 Å². The monoisotopic (exact) mass is 361 g/mol. The summed E-state index contributed by atoms with van der Waals surface area (Å²) in [6.45, 7) is 1.18. The van der Waals surface area contributed by atoms with Crippen LogP contribution < -0.4 is 0 Å². The molecular weight excluding hydrogens is 337 g/mol. The third-order valence-electron chi connectivity index (χ3n) is 4.90. The molecule has 1 aliphatic heterocycles. The molecule has 1 saturated heterocycles. The van der Waals surface area contributed by atoms with Crippen LogP contribution in [0.15, 0.2) is 28.8 Å². The maximum Gasteiger partial charge on any atom is 0.185 e. The molecule has 0 saturated carbocycles. The fraction of sp³-hybridized carbons (Fsp3) is 0.500. The largest absolute Gasteiger partial charge is 0.391 e. The summed E-state index contributed by atoms with van der Waals surface area (Å²) >= 11 is 0. The molecule has 1 fully saturated rings. The van der Waals surface area contributed by atoms with Gasteiger partial charge in [-0.25, -0.2) is 4.39 Å². The van der Waals surface area contributed by atoms with Gasteiger partial charge in [-0.1, -0.05) is 23.4 Å². The Labute approximate surface area is 152 Å². The van der Waals surface area contributed by atoms with Gasteiger partial charge in [-0.2, -0.15) is 0 Å². The summed E-state index contributed by atoms with van der Waals surface area (Å²) in [6, 6.07) is 6.66. The summed E-state index contributed by atoms with van der Waals surface area (Å²) in [5.41, 5.74) is 1.34. The first kappa shape index (κ1) is 18.7. The average molecular weight is 361 g/mol. The first-order valence-corrected chi connectivity index (χ1v) is 9.11. The number of halogens is 1. The number of Topliss-reactive ketones (excluding diaryl/α,β-unsaturated/α-hetero) is 1. The predicted octanol–water partition coefficient (Wildman–Crippen LogP) is 3.48. The van der Waals surface area contributed by atoms with Crippen LogP contribution in [0.2, 0.25) is 0 Å². The number of hydrogen-bond acceptors (Lipinski definition) is 5. The lowest BCUT2D eigenvalue weighted by Gasteiger charge is -2.05. The van der Waals surface area contributed by atoms with Crippen molar-refractivity contribution in [3.8, 4) is 0 Å². The highest BCUT2D eigenvalue weighted by atomic mass is 19.1. The summed E-state index contributed by atoms with van der Waals surface area (Å²) in [5.74, 6) is 0.601. The van der Waals surface area contributed by atoms with E-state index in [1.165, 1.54) is 6.07 Å². The van der Waals surface area contributed by atoms with Gasteiger partial charge in [0.1, 0.15) is 11.6 Å². The van der Waals surface area contributed by atoms with Gasteiger partial charge in [-0.15, -0.1) is 0 Å². The fourth-order valence-electron chi connectivity index (χ4n) is 3.33. The van der Waals surface area contributed by atoms with E-state index in [0.717, 1.165) is 19.4 Å². The summed E-state index contributed by atoms with van der Waals surface area (Å²) < 4.78 is 24.3. The van der Waals surface area contributed by atoms with Gasteiger partial charge in [-0.3, -0.25) is 4.79 Å². The van der Waals surface area contributed by atoms with E-state index < -0.39 is 0 Å². The van der Waals surface area contributed by atoms with Gasteiger partial charge in [0.15, 0.2) is 11.5 Å². The zero-order valence-electron chi connectivity index (χ0n) is 14.7. The van der Waals surface area contributed by atoms with Gasteiger partial charge in [0.25, 0.3) is 0 Å². The third kappa shape index (κ3) is 4.56. The Hall–Kier alpha value is -2.05. The quantitative estimate of drug-likeness (QED) is 0.692. The molecular formula is C20H24FNO4. The van der Waals surface area contributed by atoms with Gasteiger partial charge < -0.3 is 14.4 Å². The van der Waals surface area contributed by atoms with Crippen molar-refractivity contribution in [1.82, 2.24) is 5.16 Å². The molecule has 0 aliphatic carbocycles. The highest BCUT2D eigenvalue weighted by Crippen LogP contribution is 2.23.